The Morgan fingerprint density at radius 1 is 1.67 bits per heavy atom. The lowest BCUT2D eigenvalue weighted by molar-refractivity contribution is 1.11. The Balaban J connectivity index is -0.0000000450. The molecule has 0 radical (unpaired) electrons. The number of allylic oxidation sites excluding steroid dienone is 1. The van der Waals surface area contributed by atoms with Crippen molar-refractivity contribution < 1.29 is 4.70 Å². The van der Waals surface area contributed by atoms with Crippen LogP contribution >= 0.6 is 12.4 Å². The van der Waals surface area contributed by atoms with Gasteiger partial charge >= 0.3 is 0 Å². The molecule has 0 spiro atoms. The van der Waals surface area contributed by atoms with E-state index in [0.717, 1.165) is 6.42 Å². The normalized spacial score (nSPS) is 4.17. The number of rotatable bonds is 1. The number of hydrogen-bond acceptors (Lipinski definition) is 0. The minimum atomic E-state index is 0. The van der Waals surface area contributed by atoms with Gasteiger partial charge in [0, 0.05) is 0 Å². The first-order valence-corrected chi connectivity index (χ1v) is 1.52. The minimum Gasteiger partial charge on any atom is -0.269 e. The smallest absolute Gasteiger partial charge is 0.0382 e. The van der Waals surface area contributed by atoms with E-state index in [2.05, 4.69) is 13.5 Å². The standard InChI is InChI=1S/C4H8.ClH.FH/c1-3-4-2;;/h3H,1,4H2,2H3;2*1H. The van der Waals surface area contributed by atoms with E-state index in [1.807, 2.05) is 6.08 Å². The lowest BCUT2D eigenvalue weighted by Gasteiger charge is -1.57. The maximum Gasteiger partial charge on any atom is -0.0382 e. The summed E-state index contributed by atoms with van der Waals surface area (Å²) in [5.74, 6) is 0. The van der Waals surface area contributed by atoms with Crippen LogP contribution in [0.5, 0.6) is 0 Å². The predicted octanol–water partition coefficient (Wildman–Crippen LogP) is 2.16. The number of hydrogen-bond donors (Lipinski definition) is 0. The quantitative estimate of drug-likeness (QED) is 0.456. The summed E-state index contributed by atoms with van der Waals surface area (Å²) in [7, 11) is 0. The van der Waals surface area contributed by atoms with Gasteiger partial charge in [-0.3, -0.25) is 4.70 Å². The van der Waals surface area contributed by atoms with Crippen molar-refractivity contribution in [1.29, 1.82) is 0 Å². The second-order valence-corrected chi connectivity index (χ2v) is 0.697. The molecule has 0 amide bonds. The molecular weight excluding hydrogens is 102 g/mol. The van der Waals surface area contributed by atoms with Gasteiger partial charge in [0.05, 0.1) is 0 Å². The van der Waals surface area contributed by atoms with E-state index >= 15 is 0 Å². The van der Waals surface area contributed by atoms with Crippen LogP contribution in [0, 0.1) is 0 Å². The summed E-state index contributed by atoms with van der Waals surface area (Å²) in [6.07, 6.45) is 2.96. The first kappa shape index (κ1) is 16.7. The zero-order valence-electron chi connectivity index (χ0n) is 3.81. The Hall–Kier alpha value is -0.0400. The first-order chi connectivity index (χ1) is 1.91. The van der Waals surface area contributed by atoms with Crippen LogP contribution in [0.3, 0.4) is 0 Å². The molecule has 0 unspecified atom stereocenters. The Morgan fingerprint density at radius 2 is 1.83 bits per heavy atom. The van der Waals surface area contributed by atoms with Gasteiger partial charge in [-0.05, 0) is 6.42 Å². The molecule has 0 bridgehead atoms. The van der Waals surface area contributed by atoms with Crippen LogP contribution in [0.15, 0.2) is 12.7 Å². The van der Waals surface area contributed by atoms with E-state index < -0.39 is 0 Å². The van der Waals surface area contributed by atoms with Crippen LogP contribution in [0.1, 0.15) is 13.3 Å². The molecule has 0 N–H and O–H groups in total. The van der Waals surface area contributed by atoms with Crippen molar-refractivity contribution >= 4 is 12.4 Å². The summed E-state index contributed by atoms with van der Waals surface area (Å²) in [5.41, 5.74) is 0. The van der Waals surface area contributed by atoms with Gasteiger partial charge in [0.15, 0.2) is 0 Å². The molecule has 6 heavy (non-hydrogen) atoms. The van der Waals surface area contributed by atoms with Crippen LogP contribution in [0.25, 0.3) is 0 Å². The minimum absolute atomic E-state index is 0. The lowest BCUT2D eigenvalue weighted by atomic mass is 10.5. The Bertz CT molecular complexity index is 21.5. The van der Waals surface area contributed by atoms with Crippen LogP contribution in [-0.4, -0.2) is 0 Å². The Morgan fingerprint density at radius 3 is 1.83 bits per heavy atom. The van der Waals surface area contributed by atoms with Crippen LogP contribution in [-0.2, 0) is 0 Å². The molecule has 0 aromatic heterocycles. The van der Waals surface area contributed by atoms with E-state index in [9.17, 15) is 0 Å². The number of halogens is 2. The van der Waals surface area contributed by atoms with Crippen LogP contribution < -0.4 is 0 Å². The molecule has 0 aliphatic rings. The second kappa shape index (κ2) is 20.2. The summed E-state index contributed by atoms with van der Waals surface area (Å²) in [4.78, 5) is 0. The molecule has 40 valence electrons. The van der Waals surface area contributed by atoms with Gasteiger partial charge in [-0.25, -0.2) is 0 Å². The first-order valence-electron chi connectivity index (χ1n) is 1.52. The monoisotopic (exact) mass is 112 g/mol. The highest BCUT2D eigenvalue weighted by atomic mass is 35.5. The van der Waals surface area contributed by atoms with E-state index in [4.69, 9.17) is 0 Å². The molecule has 0 saturated carbocycles. The third kappa shape index (κ3) is 37.6. The summed E-state index contributed by atoms with van der Waals surface area (Å²) >= 11 is 0. The summed E-state index contributed by atoms with van der Waals surface area (Å²) in [6.45, 7) is 5.54. The molecule has 0 aliphatic heterocycles. The maximum atomic E-state index is 3.48. The summed E-state index contributed by atoms with van der Waals surface area (Å²) in [6, 6.07) is 0. The van der Waals surface area contributed by atoms with Gasteiger partial charge in [0.2, 0.25) is 0 Å². The average Bonchev–Trinajstić information content (AvgIpc) is 1.37. The predicted molar refractivity (Wildman–Crippen MR) is 30.2 cm³/mol. The fourth-order valence-electron chi connectivity index (χ4n) is 0. The van der Waals surface area contributed by atoms with Crippen molar-refractivity contribution in [2.24, 2.45) is 0 Å². The second-order valence-electron chi connectivity index (χ2n) is 0.697. The van der Waals surface area contributed by atoms with Crippen molar-refractivity contribution in [3.05, 3.63) is 12.7 Å². The van der Waals surface area contributed by atoms with Crippen molar-refractivity contribution in [2.45, 2.75) is 13.3 Å². The van der Waals surface area contributed by atoms with Gasteiger partial charge < -0.3 is 0 Å². The Labute approximate surface area is 44.0 Å². The largest absolute Gasteiger partial charge is 0.269 e. The fraction of sp³-hybridized carbons (Fsp3) is 0.500. The van der Waals surface area contributed by atoms with E-state index in [1.54, 1.807) is 0 Å². The Kier molecular flexibility index (Phi) is 56.5. The highest BCUT2D eigenvalue weighted by Crippen LogP contribution is 1.66. The highest BCUT2D eigenvalue weighted by molar-refractivity contribution is 5.85. The molecule has 0 fully saturated rings. The molecular formula is C4H10ClF. The van der Waals surface area contributed by atoms with Gasteiger partial charge in [-0.1, -0.05) is 13.0 Å². The van der Waals surface area contributed by atoms with Crippen molar-refractivity contribution in [3.8, 4) is 0 Å². The van der Waals surface area contributed by atoms with E-state index in [0.29, 0.717) is 0 Å². The van der Waals surface area contributed by atoms with E-state index in [1.165, 1.54) is 0 Å². The van der Waals surface area contributed by atoms with Crippen LogP contribution in [0.4, 0.5) is 4.70 Å². The third-order valence-electron chi connectivity index (χ3n) is 0.289. The van der Waals surface area contributed by atoms with Gasteiger partial charge in [-0.15, -0.1) is 19.0 Å². The molecule has 0 heterocycles. The third-order valence-corrected chi connectivity index (χ3v) is 0.289. The summed E-state index contributed by atoms with van der Waals surface area (Å²) < 4.78 is 0. The van der Waals surface area contributed by atoms with Crippen molar-refractivity contribution in [2.75, 3.05) is 0 Å². The molecule has 0 aromatic carbocycles. The van der Waals surface area contributed by atoms with Gasteiger partial charge in [0.25, 0.3) is 0 Å². The molecule has 0 aliphatic carbocycles. The topological polar surface area (TPSA) is 0 Å². The van der Waals surface area contributed by atoms with Crippen LogP contribution in [0.2, 0.25) is 0 Å². The lowest BCUT2D eigenvalue weighted by Crippen LogP contribution is -1.36. The van der Waals surface area contributed by atoms with Crippen molar-refractivity contribution in [1.82, 2.24) is 0 Å². The molecule has 0 saturated heterocycles. The summed E-state index contributed by atoms with van der Waals surface area (Å²) in [5, 5.41) is 0. The molecule has 0 nitrogen and oxygen atoms in total. The SMILES string of the molecule is C=CCC.Cl.F. The van der Waals surface area contributed by atoms with Crippen molar-refractivity contribution in [3.63, 3.8) is 0 Å². The zero-order chi connectivity index (χ0) is 3.41. The zero-order valence-corrected chi connectivity index (χ0v) is 4.62. The van der Waals surface area contributed by atoms with Gasteiger partial charge in [0.1, 0.15) is 0 Å². The maximum absolute atomic E-state index is 3.48. The van der Waals surface area contributed by atoms with E-state index in [-0.39, 0.29) is 17.1 Å². The average molecular weight is 113 g/mol. The molecule has 2 heteroatoms. The molecule has 0 atom stereocenters. The molecule has 0 rings (SSSR count). The molecule has 0 aromatic rings. The van der Waals surface area contributed by atoms with Gasteiger partial charge in [-0.2, -0.15) is 0 Å². The fourth-order valence-corrected chi connectivity index (χ4v) is 0. The highest BCUT2D eigenvalue weighted by Gasteiger charge is 1.45.